The molecule has 104 valence electrons. The molecule has 0 atom stereocenters. The highest BCUT2D eigenvalue weighted by Gasteiger charge is 2.12. The molecule has 4 nitrogen and oxygen atoms in total. The molecule has 0 aromatic rings. The second-order valence-corrected chi connectivity index (χ2v) is 4.46. The van der Waals surface area contributed by atoms with Crippen molar-refractivity contribution in [3.05, 3.63) is 23.8 Å². The van der Waals surface area contributed by atoms with E-state index in [1.165, 1.54) is 12.8 Å². The zero-order valence-electron chi connectivity index (χ0n) is 11.6. The summed E-state index contributed by atoms with van der Waals surface area (Å²) in [4.78, 5) is 10.2. The highest BCUT2D eigenvalue weighted by atomic mass is 16.5. The van der Waals surface area contributed by atoms with Crippen LogP contribution in [0.2, 0.25) is 0 Å². The van der Waals surface area contributed by atoms with E-state index in [0.717, 1.165) is 24.3 Å². The monoisotopic (exact) mass is 255 g/mol. The summed E-state index contributed by atoms with van der Waals surface area (Å²) in [7, 11) is 3.25. The molecule has 0 aliphatic heterocycles. The maximum Gasteiger partial charge on any atom is 0.404 e. The first kappa shape index (κ1) is 16.7. The van der Waals surface area contributed by atoms with Gasteiger partial charge in [-0.25, -0.2) is 4.79 Å². The molecule has 0 radical (unpaired) electrons. The lowest BCUT2D eigenvalue weighted by atomic mass is 10.1. The molecule has 1 amide bonds. The Balaban J connectivity index is 0.000000338. The SMILES string of the molecule is CC1CC1.COC.NC(=O)OCC1=CCCC=C1. The first-order valence-electron chi connectivity index (χ1n) is 6.28. The van der Waals surface area contributed by atoms with Crippen molar-refractivity contribution < 1.29 is 14.3 Å². The first-order chi connectivity index (χ1) is 8.60. The van der Waals surface area contributed by atoms with E-state index in [4.69, 9.17) is 5.73 Å². The van der Waals surface area contributed by atoms with Crippen LogP contribution in [0.4, 0.5) is 4.79 Å². The number of hydrogen-bond donors (Lipinski definition) is 1. The summed E-state index contributed by atoms with van der Waals surface area (Å²) in [6.07, 6.45) is 10.4. The number of hydrogen-bond acceptors (Lipinski definition) is 3. The fourth-order valence-corrected chi connectivity index (χ4v) is 1.10. The summed E-state index contributed by atoms with van der Waals surface area (Å²) in [5.41, 5.74) is 5.82. The molecule has 0 bridgehead atoms. The molecule has 2 aliphatic carbocycles. The minimum absolute atomic E-state index is 0.297. The third-order valence-electron chi connectivity index (χ3n) is 2.32. The van der Waals surface area contributed by atoms with Crippen LogP contribution < -0.4 is 5.73 Å². The van der Waals surface area contributed by atoms with E-state index in [1.807, 2.05) is 12.2 Å². The van der Waals surface area contributed by atoms with Gasteiger partial charge in [0.1, 0.15) is 6.61 Å². The van der Waals surface area contributed by atoms with Crippen LogP contribution in [0, 0.1) is 5.92 Å². The van der Waals surface area contributed by atoms with Gasteiger partial charge in [0.15, 0.2) is 0 Å². The Bertz CT molecular complexity index is 281. The van der Waals surface area contributed by atoms with Crippen LogP contribution in [0.1, 0.15) is 32.6 Å². The molecule has 1 fully saturated rings. The molecule has 2 aliphatic rings. The Morgan fingerprint density at radius 1 is 1.39 bits per heavy atom. The molecule has 0 heterocycles. The summed E-state index contributed by atoms with van der Waals surface area (Å²) in [5.74, 6) is 1.08. The normalized spacial score (nSPS) is 16.5. The quantitative estimate of drug-likeness (QED) is 0.825. The maximum atomic E-state index is 10.2. The van der Waals surface area contributed by atoms with Crippen molar-refractivity contribution in [1.82, 2.24) is 0 Å². The topological polar surface area (TPSA) is 61.5 Å². The zero-order chi connectivity index (χ0) is 13.8. The van der Waals surface area contributed by atoms with E-state index < -0.39 is 6.09 Å². The number of allylic oxidation sites excluding steroid dienone is 2. The summed E-state index contributed by atoms with van der Waals surface area (Å²) in [6.45, 7) is 2.58. The van der Waals surface area contributed by atoms with Gasteiger partial charge in [0, 0.05) is 14.2 Å². The fraction of sp³-hybridized carbons (Fsp3) is 0.643. The van der Waals surface area contributed by atoms with Crippen molar-refractivity contribution >= 4 is 6.09 Å². The minimum atomic E-state index is -0.718. The van der Waals surface area contributed by atoms with Gasteiger partial charge in [-0.2, -0.15) is 0 Å². The molecule has 0 aromatic carbocycles. The van der Waals surface area contributed by atoms with Gasteiger partial charge in [-0.15, -0.1) is 0 Å². The number of primary amides is 1. The predicted molar refractivity (Wildman–Crippen MR) is 73.3 cm³/mol. The van der Waals surface area contributed by atoms with Crippen LogP contribution in [-0.2, 0) is 9.47 Å². The number of nitrogens with two attached hydrogens (primary N) is 1. The van der Waals surface area contributed by atoms with Crippen molar-refractivity contribution in [2.45, 2.75) is 32.6 Å². The molecule has 0 unspecified atom stereocenters. The number of rotatable bonds is 2. The van der Waals surface area contributed by atoms with Crippen LogP contribution >= 0.6 is 0 Å². The molecule has 0 saturated heterocycles. The predicted octanol–water partition coefficient (Wildman–Crippen LogP) is 3.04. The van der Waals surface area contributed by atoms with Crippen molar-refractivity contribution in [3.63, 3.8) is 0 Å². The second-order valence-electron chi connectivity index (χ2n) is 4.46. The highest BCUT2D eigenvalue weighted by Crippen LogP contribution is 2.26. The zero-order valence-corrected chi connectivity index (χ0v) is 11.6. The van der Waals surface area contributed by atoms with E-state index >= 15 is 0 Å². The number of carbonyl (C=O) groups excluding carboxylic acids is 1. The van der Waals surface area contributed by atoms with Crippen molar-refractivity contribution in [1.29, 1.82) is 0 Å². The summed E-state index contributed by atoms with van der Waals surface area (Å²) in [6, 6.07) is 0. The van der Waals surface area contributed by atoms with Crippen LogP contribution in [0.3, 0.4) is 0 Å². The lowest BCUT2D eigenvalue weighted by Crippen LogP contribution is -2.14. The van der Waals surface area contributed by atoms with Gasteiger partial charge >= 0.3 is 6.09 Å². The number of amides is 1. The number of ether oxygens (including phenoxy) is 2. The first-order valence-corrected chi connectivity index (χ1v) is 6.28. The molecular formula is C14H25NO3. The van der Waals surface area contributed by atoms with Crippen molar-refractivity contribution in [3.8, 4) is 0 Å². The number of carbonyl (C=O) groups is 1. The third kappa shape index (κ3) is 12.8. The third-order valence-corrected chi connectivity index (χ3v) is 2.32. The Morgan fingerprint density at radius 2 is 1.94 bits per heavy atom. The van der Waals surface area contributed by atoms with E-state index in [9.17, 15) is 4.79 Å². The highest BCUT2D eigenvalue weighted by molar-refractivity contribution is 5.64. The fourth-order valence-electron chi connectivity index (χ4n) is 1.10. The average Bonchev–Trinajstić information content (AvgIpc) is 3.12. The van der Waals surface area contributed by atoms with Gasteiger partial charge in [-0.1, -0.05) is 38.0 Å². The van der Waals surface area contributed by atoms with Gasteiger partial charge < -0.3 is 15.2 Å². The Labute approximate surface area is 110 Å². The van der Waals surface area contributed by atoms with Gasteiger partial charge in [0.2, 0.25) is 0 Å². The molecule has 2 N–H and O–H groups in total. The Kier molecular flexibility index (Phi) is 10.1. The summed E-state index contributed by atoms with van der Waals surface area (Å²) in [5, 5.41) is 0. The van der Waals surface area contributed by atoms with Gasteiger partial charge in [-0.05, 0) is 24.3 Å². The molecule has 2 rings (SSSR count). The van der Waals surface area contributed by atoms with Gasteiger partial charge in [0.05, 0.1) is 0 Å². The van der Waals surface area contributed by atoms with E-state index in [0.29, 0.717) is 6.61 Å². The summed E-state index contributed by atoms with van der Waals surface area (Å²) < 4.78 is 8.85. The minimum Gasteiger partial charge on any atom is -0.445 e. The lowest BCUT2D eigenvalue weighted by Gasteiger charge is -2.05. The number of methoxy groups -OCH3 is 1. The van der Waals surface area contributed by atoms with Crippen LogP contribution in [0.25, 0.3) is 0 Å². The molecule has 18 heavy (non-hydrogen) atoms. The molecular weight excluding hydrogens is 230 g/mol. The van der Waals surface area contributed by atoms with Crippen LogP contribution in [0.15, 0.2) is 23.8 Å². The molecule has 0 aromatic heterocycles. The Hall–Kier alpha value is -1.29. The molecule has 1 saturated carbocycles. The van der Waals surface area contributed by atoms with Crippen LogP contribution in [-0.4, -0.2) is 26.9 Å². The maximum absolute atomic E-state index is 10.2. The Morgan fingerprint density at radius 3 is 2.28 bits per heavy atom. The van der Waals surface area contributed by atoms with E-state index in [1.54, 1.807) is 14.2 Å². The van der Waals surface area contributed by atoms with Crippen molar-refractivity contribution in [2.75, 3.05) is 20.8 Å². The average molecular weight is 255 g/mol. The smallest absolute Gasteiger partial charge is 0.404 e. The van der Waals surface area contributed by atoms with Crippen LogP contribution in [0.5, 0.6) is 0 Å². The van der Waals surface area contributed by atoms with Gasteiger partial charge in [-0.3, -0.25) is 0 Å². The van der Waals surface area contributed by atoms with E-state index in [-0.39, 0.29) is 0 Å². The summed E-state index contributed by atoms with van der Waals surface area (Å²) >= 11 is 0. The van der Waals surface area contributed by atoms with Gasteiger partial charge in [0.25, 0.3) is 0 Å². The largest absolute Gasteiger partial charge is 0.445 e. The van der Waals surface area contributed by atoms with E-state index in [2.05, 4.69) is 22.5 Å². The van der Waals surface area contributed by atoms with Crippen molar-refractivity contribution in [2.24, 2.45) is 11.7 Å². The second kappa shape index (κ2) is 10.8. The molecule has 4 heteroatoms. The molecule has 0 spiro atoms. The standard InChI is InChI=1S/C8H11NO2.C4H8.C2H6O/c9-8(10)11-6-7-4-2-1-3-5-7;1-4-2-3-4;1-3-2/h2,4-5H,1,3,6H2,(H2,9,10);4H,2-3H2,1H3;1-2H3. The lowest BCUT2D eigenvalue weighted by molar-refractivity contribution is 0.167.